The SMILES string of the molecule is CN(C)CC(C)(C)CNC(=O)C(CC(=O)O)NC(=O)OCC1c2ccccc2-c2ccccc21. The molecule has 8 heteroatoms. The predicted molar refractivity (Wildman–Crippen MR) is 130 cm³/mol. The van der Waals surface area contributed by atoms with Crippen LogP contribution in [0.15, 0.2) is 48.5 Å². The number of fused-ring (bicyclic) bond motifs is 3. The summed E-state index contributed by atoms with van der Waals surface area (Å²) < 4.78 is 5.47. The molecule has 182 valence electrons. The molecule has 0 heterocycles. The molecule has 34 heavy (non-hydrogen) atoms. The minimum absolute atomic E-state index is 0.0805. The Hall–Kier alpha value is -3.39. The lowest BCUT2D eigenvalue weighted by molar-refractivity contribution is -0.139. The summed E-state index contributed by atoms with van der Waals surface area (Å²) in [7, 11) is 3.88. The van der Waals surface area contributed by atoms with Crippen LogP contribution in [0.25, 0.3) is 11.1 Å². The molecule has 0 bridgehead atoms. The summed E-state index contributed by atoms with van der Waals surface area (Å²) in [6.07, 6.45) is -1.36. The number of carbonyl (C=O) groups excluding carboxylic acids is 2. The van der Waals surface area contributed by atoms with Crippen molar-refractivity contribution in [1.29, 1.82) is 0 Å². The first-order valence-electron chi connectivity index (χ1n) is 11.3. The lowest BCUT2D eigenvalue weighted by Gasteiger charge is -2.29. The number of rotatable bonds is 10. The molecule has 0 aromatic heterocycles. The minimum Gasteiger partial charge on any atom is -0.481 e. The minimum atomic E-state index is -1.23. The van der Waals surface area contributed by atoms with Crippen LogP contribution in [-0.2, 0) is 14.3 Å². The number of carbonyl (C=O) groups is 3. The summed E-state index contributed by atoms with van der Waals surface area (Å²) in [5.41, 5.74) is 4.13. The highest BCUT2D eigenvalue weighted by Gasteiger charge is 2.31. The second-order valence-corrected chi connectivity index (χ2v) is 9.74. The van der Waals surface area contributed by atoms with Gasteiger partial charge in [-0.2, -0.15) is 0 Å². The van der Waals surface area contributed by atoms with Crippen LogP contribution in [0.4, 0.5) is 4.79 Å². The number of amides is 2. The Kier molecular flexibility index (Phi) is 7.94. The molecule has 3 rings (SSSR count). The summed E-state index contributed by atoms with van der Waals surface area (Å²) in [6, 6.07) is 14.7. The second kappa shape index (κ2) is 10.7. The first-order chi connectivity index (χ1) is 16.1. The maximum absolute atomic E-state index is 12.7. The van der Waals surface area contributed by atoms with Crippen molar-refractivity contribution in [2.75, 3.05) is 33.8 Å². The van der Waals surface area contributed by atoms with E-state index in [4.69, 9.17) is 4.74 Å². The summed E-state index contributed by atoms with van der Waals surface area (Å²) in [5, 5.41) is 14.4. The van der Waals surface area contributed by atoms with Crippen molar-refractivity contribution in [3.63, 3.8) is 0 Å². The smallest absolute Gasteiger partial charge is 0.407 e. The summed E-state index contributed by atoms with van der Waals surface area (Å²) in [6.45, 7) is 5.15. The van der Waals surface area contributed by atoms with Crippen molar-refractivity contribution in [3.8, 4) is 11.1 Å². The number of carboxylic acids is 1. The van der Waals surface area contributed by atoms with Crippen LogP contribution in [0.2, 0.25) is 0 Å². The van der Waals surface area contributed by atoms with Crippen LogP contribution >= 0.6 is 0 Å². The van der Waals surface area contributed by atoms with E-state index in [-0.39, 0.29) is 17.9 Å². The van der Waals surface area contributed by atoms with E-state index >= 15 is 0 Å². The standard InChI is InChI=1S/C26H33N3O5/c1-26(2,16-29(3)4)15-27-24(32)22(13-23(30)31)28-25(33)34-14-21-19-11-7-5-9-17(19)18-10-6-8-12-20(18)21/h5-12,21-22H,13-16H2,1-4H3,(H,27,32)(H,28,33)(H,30,31). The largest absolute Gasteiger partial charge is 0.481 e. The third-order valence-corrected chi connectivity index (χ3v) is 5.82. The number of nitrogens with one attached hydrogen (secondary N) is 2. The van der Waals surface area contributed by atoms with Gasteiger partial charge in [0.2, 0.25) is 5.91 Å². The molecule has 0 spiro atoms. The van der Waals surface area contributed by atoms with Crippen LogP contribution < -0.4 is 10.6 Å². The molecule has 0 saturated heterocycles. The van der Waals surface area contributed by atoms with E-state index in [1.807, 2.05) is 81.4 Å². The third kappa shape index (κ3) is 6.35. The Bertz CT molecular complexity index is 1000. The molecule has 1 aliphatic rings. The van der Waals surface area contributed by atoms with Gasteiger partial charge in [-0.05, 0) is 41.8 Å². The maximum atomic E-state index is 12.7. The van der Waals surface area contributed by atoms with Crippen LogP contribution in [0, 0.1) is 5.41 Å². The predicted octanol–water partition coefficient (Wildman–Crippen LogP) is 3.07. The van der Waals surface area contributed by atoms with Crippen LogP contribution in [0.3, 0.4) is 0 Å². The van der Waals surface area contributed by atoms with Gasteiger partial charge in [0, 0.05) is 19.0 Å². The molecule has 0 radical (unpaired) electrons. The second-order valence-electron chi connectivity index (χ2n) is 9.74. The molecule has 0 aliphatic heterocycles. The molecular weight excluding hydrogens is 434 g/mol. The van der Waals surface area contributed by atoms with Gasteiger partial charge in [-0.3, -0.25) is 9.59 Å². The quantitative estimate of drug-likeness (QED) is 0.496. The van der Waals surface area contributed by atoms with E-state index < -0.39 is 30.4 Å². The van der Waals surface area contributed by atoms with Gasteiger partial charge >= 0.3 is 12.1 Å². The number of hydrogen-bond acceptors (Lipinski definition) is 5. The molecule has 2 aromatic rings. The fourth-order valence-electron chi connectivity index (χ4n) is 4.53. The normalized spacial score (nSPS) is 13.7. The Morgan fingerprint density at radius 2 is 1.59 bits per heavy atom. The maximum Gasteiger partial charge on any atom is 0.407 e. The fraction of sp³-hybridized carbons (Fsp3) is 0.423. The zero-order valence-corrected chi connectivity index (χ0v) is 20.1. The molecule has 1 unspecified atom stereocenters. The van der Waals surface area contributed by atoms with Gasteiger partial charge < -0.3 is 25.4 Å². The summed E-state index contributed by atoms with van der Waals surface area (Å²) in [5.74, 6) is -1.87. The lowest BCUT2D eigenvalue weighted by atomic mass is 9.93. The number of aliphatic carboxylic acids is 1. The molecular formula is C26H33N3O5. The molecule has 2 aromatic carbocycles. The van der Waals surface area contributed by atoms with E-state index in [9.17, 15) is 19.5 Å². The van der Waals surface area contributed by atoms with E-state index in [2.05, 4.69) is 10.6 Å². The number of alkyl carbamates (subject to hydrolysis) is 1. The zero-order valence-electron chi connectivity index (χ0n) is 20.1. The number of benzene rings is 2. The van der Waals surface area contributed by atoms with E-state index in [0.717, 1.165) is 28.8 Å². The first kappa shape index (κ1) is 25.2. The highest BCUT2D eigenvalue weighted by molar-refractivity contribution is 5.89. The van der Waals surface area contributed by atoms with Gasteiger partial charge in [0.05, 0.1) is 6.42 Å². The van der Waals surface area contributed by atoms with Crippen LogP contribution in [0.1, 0.15) is 37.3 Å². The first-order valence-corrected chi connectivity index (χ1v) is 11.3. The summed E-state index contributed by atoms with van der Waals surface area (Å²) >= 11 is 0. The van der Waals surface area contributed by atoms with Crippen molar-refractivity contribution < 1.29 is 24.2 Å². The van der Waals surface area contributed by atoms with Crippen LogP contribution in [0.5, 0.6) is 0 Å². The molecule has 0 saturated carbocycles. The van der Waals surface area contributed by atoms with Gasteiger partial charge in [0.25, 0.3) is 0 Å². The van der Waals surface area contributed by atoms with Crippen molar-refractivity contribution in [3.05, 3.63) is 59.7 Å². The topological polar surface area (TPSA) is 108 Å². The van der Waals surface area contributed by atoms with Crippen molar-refractivity contribution in [2.45, 2.75) is 32.2 Å². The fourth-order valence-corrected chi connectivity index (χ4v) is 4.53. The van der Waals surface area contributed by atoms with E-state index in [0.29, 0.717) is 6.54 Å². The Balaban J connectivity index is 1.62. The average Bonchev–Trinajstić information content (AvgIpc) is 3.08. The van der Waals surface area contributed by atoms with Crippen molar-refractivity contribution in [2.24, 2.45) is 5.41 Å². The monoisotopic (exact) mass is 467 g/mol. The number of carboxylic acid groups (broad SMARTS) is 1. The van der Waals surface area contributed by atoms with E-state index in [1.165, 1.54) is 0 Å². The van der Waals surface area contributed by atoms with Crippen molar-refractivity contribution in [1.82, 2.24) is 15.5 Å². The van der Waals surface area contributed by atoms with Gasteiger partial charge in [-0.15, -0.1) is 0 Å². The van der Waals surface area contributed by atoms with E-state index in [1.54, 1.807) is 0 Å². The molecule has 8 nitrogen and oxygen atoms in total. The average molecular weight is 468 g/mol. The summed E-state index contributed by atoms with van der Waals surface area (Å²) in [4.78, 5) is 38.5. The Labute approximate surface area is 200 Å². The molecule has 0 fully saturated rings. The Morgan fingerprint density at radius 3 is 2.12 bits per heavy atom. The van der Waals surface area contributed by atoms with Gasteiger partial charge in [-0.25, -0.2) is 4.79 Å². The molecule has 1 aliphatic carbocycles. The number of hydrogen-bond donors (Lipinski definition) is 3. The molecule has 1 atom stereocenters. The Morgan fingerprint density at radius 1 is 1.03 bits per heavy atom. The number of ether oxygens (including phenoxy) is 1. The molecule has 2 amide bonds. The van der Waals surface area contributed by atoms with Gasteiger partial charge in [0.1, 0.15) is 12.6 Å². The highest BCUT2D eigenvalue weighted by atomic mass is 16.5. The number of nitrogens with zero attached hydrogens (tertiary/aromatic N) is 1. The molecule has 3 N–H and O–H groups in total. The highest BCUT2D eigenvalue weighted by Crippen LogP contribution is 2.44. The third-order valence-electron chi connectivity index (χ3n) is 5.82. The lowest BCUT2D eigenvalue weighted by Crippen LogP contribution is -2.50. The van der Waals surface area contributed by atoms with Gasteiger partial charge in [-0.1, -0.05) is 62.4 Å². The van der Waals surface area contributed by atoms with Gasteiger partial charge in [0.15, 0.2) is 0 Å². The van der Waals surface area contributed by atoms with Crippen LogP contribution in [-0.4, -0.2) is 67.8 Å². The van der Waals surface area contributed by atoms with Crippen molar-refractivity contribution >= 4 is 18.0 Å². The zero-order chi connectivity index (χ0) is 24.9.